The Kier molecular flexibility index (Phi) is 8.39. The quantitative estimate of drug-likeness (QED) is 0.504. The zero-order valence-electron chi connectivity index (χ0n) is 14.6. The topological polar surface area (TPSA) is 76.7 Å². The van der Waals surface area contributed by atoms with Crippen molar-refractivity contribution in [1.29, 1.82) is 0 Å². The molecule has 0 saturated carbocycles. The first-order valence-corrected chi connectivity index (χ1v) is 7.93. The second kappa shape index (κ2) is 10.3. The average molecular weight is 334 g/mol. The van der Waals surface area contributed by atoms with E-state index in [4.69, 9.17) is 9.47 Å². The lowest BCUT2D eigenvalue weighted by Gasteiger charge is -2.12. The number of carbonyl (C=O) groups excluding carboxylic acids is 2. The number of methoxy groups -OCH3 is 1. The first kappa shape index (κ1) is 19.5. The van der Waals surface area contributed by atoms with Gasteiger partial charge in [0.1, 0.15) is 0 Å². The van der Waals surface area contributed by atoms with Crippen LogP contribution in [0.5, 0.6) is 11.5 Å². The van der Waals surface area contributed by atoms with Crippen LogP contribution >= 0.6 is 0 Å². The lowest BCUT2D eigenvalue weighted by Crippen LogP contribution is -2.38. The van der Waals surface area contributed by atoms with Crippen molar-refractivity contribution in [2.45, 2.75) is 20.3 Å². The molecule has 0 fully saturated rings. The van der Waals surface area contributed by atoms with E-state index >= 15 is 0 Å². The maximum Gasteiger partial charge on any atom is 0.258 e. The number of benzene rings is 1. The number of ether oxygens (including phenoxy) is 2. The Labute approximate surface area is 143 Å². The van der Waals surface area contributed by atoms with Gasteiger partial charge in [0.15, 0.2) is 18.1 Å². The van der Waals surface area contributed by atoms with Crippen molar-refractivity contribution in [3.05, 3.63) is 36.4 Å². The highest BCUT2D eigenvalue weighted by atomic mass is 16.5. The first-order chi connectivity index (χ1) is 11.5. The fraction of sp³-hybridized carbons (Fsp3) is 0.444. The molecule has 6 heteroatoms. The lowest BCUT2D eigenvalue weighted by atomic mass is 10.1. The van der Waals surface area contributed by atoms with E-state index in [1.54, 1.807) is 19.3 Å². The van der Waals surface area contributed by atoms with Gasteiger partial charge in [-0.2, -0.15) is 0 Å². The van der Waals surface area contributed by atoms with Gasteiger partial charge in [0.25, 0.3) is 5.91 Å². The minimum absolute atomic E-state index is 0.0372. The van der Waals surface area contributed by atoms with Gasteiger partial charge in [-0.05, 0) is 24.1 Å². The van der Waals surface area contributed by atoms with Crippen LogP contribution in [0.2, 0.25) is 0 Å². The highest BCUT2D eigenvalue weighted by Crippen LogP contribution is 2.28. The van der Waals surface area contributed by atoms with E-state index in [1.807, 2.05) is 26.0 Å². The summed E-state index contributed by atoms with van der Waals surface area (Å²) in [4.78, 5) is 23.1. The standard InChI is InChI=1S/C18H26N2O4/c1-5-6-14-7-8-15(16(11-14)23-4)24-12-17(21)19-9-10-20-18(22)13(2)3/h5,7-8,11,13H,1,6,9-10,12H2,2-4H3,(H,19,21)(H,20,22). The molecule has 1 rings (SSSR count). The van der Waals surface area contributed by atoms with Gasteiger partial charge in [0, 0.05) is 19.0 Å². The Hall–Kier alpha value is -2.50. The Balaban J connectivity index is 2.38. The summed E-state index contributed by atoms with van der Waals surface area (Å²) in [6.45, 7) is 7.96. The summed E-state index contributed by atoms with van der Waals surface area (Å²) in [5.74, 6) is 0.719. The predicted octanol–water partition coefficient (Wildman–Crippen LogP) is 1.69. The van der Waals surface area contributed by atoms with Gasteiger partial charge in [0.2, 0.25) is 5.91 Å². The van der Waals surface area contributed by atoms with Crippen molar-refractivity contribution >= 4 is 11.8 Å². The van der Waals surface area contributed by atoms with Gasteiger partial charge in [0.05, 0.1) is 7.11 Å². The van der Waals surface area contributed by atoms with Crippen molar-refractivity contribution in [3.63, 3.8) is 0 Å². The summed E-state index contributed by atoms with van der Waals surface area (Å²) < 4.78 is 10.8. The van der Waals surface area contributed by atoms with Crippen LogP contribution in [0.25, 0.3) is 0 Å². The number of hydrogen-bond acceptors (Lipinski definition) is 4. The van der Waals surface area contributed by atoms with E-state index in [2.05, 4.69) is 17.2 Å². The lowest BCUT2D eigenvalue weighted by molar-refractivity contribution is -0.125. The van der Waals surface area contributed by atoms with Gasteiger partial charge in [-0.15, -0.1) is 6.58 Å². The number of hydrogen-bond donors (Lipinski definition) is 2. The number of nitrogens with one attached hydrogen (secondary N) is 2. The maximum atomic E-state index is 11.8. The van der Waals surface area contributed by atoms with E-state index in [1.165, 1.54) is 0 Å². The van der Waals surface area contributed by atoms with Crippen LogP contribution in [-0.4, -0.2) is 38.6 Å². The van der Waals surface area contributed by atoms with Crippen LogP contribution in [0.3, 0.4) is 0 Å². The predicted molar refractivity (Wildman–Crippen MR) is 93.2 cm³/mol. The molecule has 2 N–H and O–H groups in total. The molecule has 2 amide bonds. The second-order valence-electron chi connectivity index (χ2n) is 5.56. The highest BCUT2D eigenvalue weighted by molar-refractivity contribution is 5.78. The summed E-state index contributed by atoms with van der Waals surface area (Å²) in [5, 5.41) is 5.41. The molecular formula is C18H26N2O4. The zero-order valence-corrected chi connectivity index (χ0v) is 14.6. The largest absolute Gasteiger partial charge is 0.493 e. The minimum atomic E-state index is -0.258. The molecule has 0 bridgehead atoms. The summed E-state index contributed by atoms with van der Waals surface area (Å²) in [7, 11) is 1.55. The molecule has 0 atom stereocenters. The Morgan fingerprint density at radius 2 is 1.92 bits per heavy atom. The summed E-state index contributed by atoms with van der Waals surface area (Å²) in [6, 6.07) is 5.53. The molecule has 0 radical (unpaired) electrons. The van der Waals surface area contributed by atoms with Gasteiger partial charge in [-0.25, -0.2) is 0 Å². The van der Waals surface area contributed by atoms with Crippen molar-refractivity contribution in [2.75, 3.05) is 26.8 Å². The normalized spacial score (nSPS) is 10.2. The Morgan fingerprint density at radius 1 is 1.21 bits per heavy atom. The molecule has 6 nitrogen and oxygen atoms in total. The number of rotatable bonds is 10. The molecule has 0 aliphatic rings. The molecule has 0 spiro atoms. The number of amides is 2. The smallest absolute Gasteiger partial charge is 0.258 e. The van der Waals surface area contributed by atoms with Crippen molar-refractivity contribution in [3.8, 4) is 11.5 Å². The van der Waals surface area contributed by atoms with E-state index < -0.39 is 0 Å². The van der Waals surface area contributed by atoms with Gasteiger partial charge in [-0.1, -0.05) is 26.0 Å². The maximum absolute atomic E-state index is 11.8. The number of carbonyl (C=O) groups is 2. The van der Waals surface area contributed by atoms with Crippen LogP contribution in [0.4, 0.5) is 0 Å². The summed E-state index contributed by atoms with van der Waals surface area (Å²) in [6.07, 6.45) is 2.54. The van der Waals surface area contributed by atoms with Crippen molar-refractivity contribution < 1.29 is 19.1 Å². The van der Waals surface area contributed by atoms with Crippen LogP contribution in [0, 0.1) is 5.92 Å². The third kappa shape index (κ3) is 6.73. The number of allylic oxidation sites excluding steroid dienone is 1. The molecule has 0 unspecified atom stereocenters. The van der Waals surface area contributed by atoms with E-state index in [0.29, 0.717) is 24.6 Å². The van der Waals surface area contributed by atoms with Gasteiger partial charge >= 0.3 is 0 Å². The Bertz CT molecular complexity index is 570. The van der Waals surface area contributed by atoms with E-state index in [-0.39, 0.29) is 24.3 Å². The zero-order chi connectivity index (χ0) is 17.9. The van der Waals surface area contributed by atoms with Crippen LogP contribution in [-0.2, 0) is 16.0 Å². The fourth-order valence-corrected chi connectivity index (χ4v) is 1.91. The molecule has 1 aromatic carbocycles. The molecule has 0 aromatic heterocycles. The minimum Gasteiger partial charge on any atom is -0.493 e. The fourth-order valence-electron chi connectivity index (χ4n) is 1.91. The van der Waals surface area contributed by atoms with Crippen LogP contribution in [0.15, 0.2) is 30.9 Å². The van der Waals surface area contributed by atoms with Crippen LogP contribution < -0.4 is 20.1 Å². The molecule has 0 saturated heterocycles. The van der Waals surface area contributed by atoms with Gasteiger partial charge < -0.3 is 20.1 Å². The molecule has 24 heavy (non-hydrogen) atoms. The SMILES string of the molecule is C=CCc1ccc(OCC(=O)NCCNC(=O)C(C)C)c(OC)c1. The first-order valence-electron chi connectivity index (χ1n) is 7.93. The van der Waals surface area contributed by atoms with Gasteiger partial charge in [-0.3, -0.25) is 9.59 Å². The monoisotopic (exact) mass is 334 g/mol. The summed E-state index contributed by atoms with van der Waals surface area (Å²) in [5.41, 5.74) is 1.06. The van der Waals surface area contributed by atoms with Crippen molar-refractivity contribution in [1.82, 2.24) is 10.6 Å². The average Bonchev–Trinajstić information content (AvgIpc) is 2.57. The summed E-state index contributed by atoms with van der Waals surface area (Å²) >= 11 is 0. The Morgan fingerprint density at radius 3 is 2.54 bits per heavy atom. The third-order valence-corrected chi connectivity index (χ3v) is 3.24. The highest BCUT2D eigenvalue weighted by Gasteiger charge is 2.09. The van der Waals surface area contributed by atoms with E-state index in [0.717, 1.165) is 12.0 Å². The molecule has 0 heterocycles. The molecule has 132 valence electrons. The second-order valence-corrected chi connectivity index (χ2v) is 5.56. The molecule has 1 aromatic rings. The molecule has 0 aliphatic carbocycles. The molecule has 0 aliphatic heterocycles. The van der Waals surface area contributed by atoms with Crippen molar-refractivity contribution in [2.24, 2.45) is 5.92 Å². The molecular weight excluding hydrogens is 308 g/mol. The van der Waals surface area contributed by atoms with E-state index in [9.17, 15) is 9.59 Å². The third-order valence-electron chi connectivity index (χ3n) is 3.24. The van der Waals surface area contributed by atoms with Crippen LogP contribution in [0.1, 0.15) is 19.4 Å².